The fourth-order valence-corrected chi connectivity index (χ4v) is 5.49. The van der Waals surface area contributed by atoms with Crippen molar-refractivity contribution in [1.82, 2.24) is 9.97 Å². The van der Waals surface area contributed by atoms with E-state index in [-0.39, 0.29) is 11.1 Å². The molecule has 0 bridgehead atoms. The third-order valence-corrected chi connectivity index (χ3v) is 7.79. The third kappa shape index (κ3) is 4.62. The molecular formula is C21H23FN4O2S2. The van der Waals surface area contributed by atoms with Crippen molar-refractivity contribution >= 4 is 32.2 Å². The topological polar surface area (TPSA) is 84.0 Å². The summed E-state index contributed by atoms with van der Waals surface area (Å²) in [6.07, 6.45) is 4.78. The van der Waals surface area contributed by atoms with Crippen molar-refractivity contribution in [1.29, 1.82) is 0 Å². The van der Waals surface area contributed by atoms with E-state index in [4.69, 9.17) is 0 Å². The Balaban J connectivity index is 1.43. The Kier molecular flexibility index (Phi) is 5.50. The molecule has 0 amide bonds. The van der Waals surface area contributed by atoms with Crippen molar-refractivity contribution < 1.29 is 12.8 Å². The molecule has 1 saturated carbocycles. The van der Waals surface area contributed by atoms with Gasteiger partial charge in [0.2, 0.25) is 10.0 Å². The van der Waals surface area contributed by atoms with E-state index in [1.54, 1.807) is 18.5 Å². The molecule has 0 unspecified atom stereocenters. The van der Waals surface area contributed by atoms with Crippen LogP contribution in [0.15, 0.2) is 48.1 Å². The van der Waals surface area contributed by atoms with Crippen molar-refractivity contribution in [2.45, 2.75) is 37.4 Å². The Bertz CT molecular complexity index is 1140. The van der Waals surface area contributed by atoms with Crippen molar-refractivity contribution in [2.75, 3.05) is 16.6 Å². The van der Waals surface area contributed by atoms with Crippen molar-refractivity contribution in [3.8, 4) is 11.1 Å². The number of thiazole rings is 1. The summed E-state index contributed by atoms with van der Waals surface area (Å²) < 4.78 is 41.4. The lowest BCUT2D eigenvalue weighted by Gasteiger charge is -2.24. The maximum absolute atomic E-state index is 14.6. The molecule has 6 nitrogen and oxygen atoms in total. The van der Waals surface area contributed by atoms with Gasteiger partial charge in [-0.1, -0.05) is 26.0 Å². The minimum Gasteiger partial charge on any atom is -0.382 e. The van der Waals surface area contributed by atoms with E-state index in [0.29, 0.717) is 30.2 Å². The second kappa shape index (κ2) is 7.96. The van der Waals surface area contributed by atoms with E-state index in [9.17, 15) is 12.8 Å². The Labute approximate surface area is 179 Å². The monoisotopic (exact) mass is 446 g/mol. The lowest BCUT2D eigenvalue weighted by Crippen LogP contribution is -2.28. The first-order valence-electron chi connectivity index (χ1n) is 9.66. The highest BCUT2D eigenvalue weighted by molar-refractivity contribution is 7.93. The number of nitrogens with one attached hydrogen (secondary N) is 2. The van der Waals surface area contributed by atoms with Gasteiger partial charge in [0.1, 0.15) is 5.82 Å². The SMILES string of the molecule is CC(C)(CNc1ccc(-c2cccnc2)cc1F)c1csc(NS(=O)(=O)C2CC2)n1. The summed E-state index contributed by atoms with van der Waals surface area (Å²) in [6, 6.07) is 8.75. The summed E-state index contributed by atoms with van der Waals surface area (Å²) in [6.45, 7) is 4.40. The van der Waals surface area contributed by atoms with E-state index in [0.717, 1.165) is 16.8 Å². The molecule has 30 heavy (non-hydrogen) atoms. The molecule has 1 fully saturated rings. The Morgan fingerprint density at radius 2 is 2.03 bits per heavy atom. The molecule has 2 heterocycles. The highest BCUT2D eigenvalue weighted by atomic mass is 32.2. The molecule has 1 aliphatic rings. The van der Waals surface area contributed by atoms with Gasteiger partial charge in [-0.25, -0.2) is 17.8 Å². The van der Waals surface area contributed by atoms with Crippen LogP contribution in [-0.4, -0.2) is 30.2 Å². The quantitative estimate of drug-likeness (QED) is 0.527. The van der Waals surface area contributed by atoms with Crippen LogP contribution in [0.1, 0.15) is 32.4 Å². The van der Waals surface area contributed by atoms with Crippen LogP contribution in [0.3, 0.4) is 0 Å². The van der Waals surface area contributed by atoms with E-state index in [1.165, 1.54) is 17.4 Å². The Hall–Kier alpha value is -2.52. The van der Waals surface area contributed by atoms with Gasteiger partial charge in [0.25, 0.3) is 0 Å². The Morgan fingerprint density at radius 3 is 2.70 bits per heavy atom. The highest BCUT2D eigenvalue weighted by Gasteiger charge is 2.36. The lowest BCUT2D eigenvalue weighted by atomic mass is 9.90. The summed E-state index contributed by atoms with van der Waals surface area (Å²) >= 11 is 1.26. The molecule has 1 aromatic carbocycles. The van der Waals surface area contributed by atoms with Crippen LogP contribution in [0.25, 0.3) is 11.1 Å². The van der Waals surface area contributed by atoms with Crippen molar-refractivity contribution in [2.24, 2.45) is 0 Å². The smallest absolute Gasteiger partial charge is 0.237 e. The zero-order chi connectivity index (χ0) is 21.4. The van der Waals surface area contributed by atoms with Gasteiger partial charge < -0.3 is 5.32 Å². The fraction of sp³-hybridized carbons (Fsp3) is 0.333. The minimum atomic E-state index is -3.33. The first-order chi connectivity index (χ1) is 14.2. The average Bonchev–Trinajstić information content (AvgIpc) is 3.48. The van der Waals surface area contributed by atoms with Crippen LogP contribution in [0, 0.1) is 5.82 Å². The van der Waals surface area contributed by atoms with Crippen LogP contribution >= 0.6 is 11.3 Å². The Morgan fingerprint density at radius 1 is 1.23 bits per heavy atom. The molecule has 2 N–H and O–H groups in total. The second-order valence-corrected chi connectivity index (χ2v) is 10.9. The van der Waals surface area contributed by atoms with E-state index in [1.807, 2.05) is 37.4 Å². The van der Waals surface area contributed by atoms with Crippen LogP contribution in [0.5, 0.6) is 0 Å². The molecule has 1 aliphatic carbocycles. The first kappa shape index (κ1) is 20.7. The fourth-order valence-electron chi connectivity index (χ4n) is 2.99. The molecule has 0 spiro atoms. The predicted octanol–water partition coefficient (Wildman–Crippen LogP) is 4.64. The number of halogens is 1. The van der Waals surface area contributed by atoms with E-state index >= 15 is 0 Å². The van der Waals surface area contributed by atoms with Gasteiger partial charge in [-0.05, 0) is 36.6 Å². The van der Waals surface area contributed by atoms with Crippen LogP contribution in [0.2, 0.25) is 0 Å². The summed E-state index contributed by atoms with van der Waals surface area (Å²) in [5, 5.41) is 5.07. The number of rotatable bonds is 8. The van der Waals surface area contributed by atoms with E-state index in [2.05, 4.69) is 20.0 Å². The summed E-state index contributed by atoms with van der Waals surface area (Å²) in [7, 11) is -3.33. The normalized spacial score (nSPS) is 14.5. The molecule has 9 heteroatoms. The van der Waals surface area contributed by atoms with Gasteiger partial charge in [-0.2, -0.15) is 0 Å². The van der Waals surface area contributed by atoms with Crippen LogP contribution < -0.4 is 10.0 Å². The third-order valence-electron chi connectivity index (χ3n) is 5.08. The molecule has 0 radical (unpaired) electrons. The maximum Gasteiger partial charge on any atom is 0.237 e. The zero-order valence-corrected chi connectivity index (χ0v) is 18.4. The second-order valence-electron chi connectivity index (χ2n) is 8.06. The summed E-state index contributed by atoms with van der Waals surface area (Å²) in [5.41, 5.74) is 2.35. The first-order valence-corrected chi connectivity index (χ1v) is 12.1. The average molecular weight is 447 g/mol. The van der Waals surface area contributed by atoms with Gasteiger partial charge in [0.05, 0.1) is 16.6 Å². The molecule has 2 aromatic heterocycles. The van der Waals surface area contributed by atoms with Gasteiger partial charge in [-0.3, -0.25) is 9.71 Å². The summed E-state index contributed by atoms with van der Waals surface area (Å²) in [4.78, 5) is 8.52. The van der Waals surface area contributed by atoms with Gasteiger partial charge in [-0.15, -0.1) is 11.3 Å². The standard InChI is InChI=1S/C21H23FN4O2S2/c1-21(2,19-12-29-20(25-19)26-30(27,28)16-6-7-16)13-24-18-8-5-14(10-17(18)22)15-4-3-9-23-11-15/h3-5,8-12,16,24H,6-7,13H2,1-2H3,(H,25,26). The molecule has 0 aliphatic heterocycles. The van der Waals surface area contributed by atoms with Crippen LogP contribution in [-0.2, 0) is 15.4 Å². The van der Waals surface area contributed by atoms with Crippen LogP contribution in [0.4, 0.5) is 15.2 Å². The maximum atomic E-state index is 14.6. The number of anilines is 2. The lowest BCUT2D eigenvalue weighted by molar-refractivity contribution is 0.539. The molecule has 4 rings (SSSR count). The van der Waals surface area contributed by atoms with Gasteiger partial charge >= 0.3 is 0 Å². The number of pyridine rings is 1. The summed E-state index contributed by atoms with van der Waals surface area (Å²) in [5.74, 6) is -0.344. The highest BCUT2D eigenvalue weighted by Crippen LogP contribution is 2.33. The number of benzene rings is 1. The predicted molar refractivity (Wildman–Crippen MR) is 119 cm³/mol. The molecule has 0 saturated heterocycles. The zero-order valence-electron chi connectivity index (χ0n) is 16.7. The molecule has 158 valence electrons. The molecule has 3 aromatic rings. The van der Waals surface area contributed by atoms with Gasteiger partial charge in [0.15, 0.2) is 5.13 Å². The number of aromatic nitrogens is 2. The molecular weight excluding hydrogens is 423 g/mol. The number of hydrogen-bond acceptors (Lipinski definition) is 6. The van der Waals surface area contributed by atoms with Crippen molar-refractivity contribution in [3.63, 3.8) is 0 Å². The minimum absolute atomic E-state index is 0.294. The number of hydrogen-bond donors (Lipinski definition) is 2. The molecule has 0 atom stereocenters. The van der Waals surface area contributed by atoms with Gasteiger partial charge in [0, 0.05) is 35.3 Å². The van der Waals surface area contributed by atoms with Crippen molar-refractivity contribution in [3.05, 3.63) is 59.6 Å². The number of sulfonamides is 1. The largest absolute Gasteiger partial charge is 0.382 e. The number of nitrogens with zero attached hydrogens (tertiary/aromatic N) is 2. The van der Waals surface area contributed by atoms with E-state index < -0.39 is 15.4 Å².